The Hall–Kier alpha value is -4.48. The van der Waals surface area contributed by atoms with Crippen LogP contribution >= 0.6 is 0 Å². The quantitative estimate of drug-likeness (QED) is 0.286. The lowest BCUT2D eigenvalue weighted by Crippen LogP contribution is -2.59. The molecule has 2 aromatic rings. The second kappa shape index (κ2) is 15.9. The maximum atomic E-state index is 15.3. The number of cyclic esters (lactones) is 1. The van der Waals surface area contributed by atoms with Crippen molar-refractivity contribution in [3.63, 3.8) is 0 Å². The number of amides is 3. The summed E-state index contributed by atoms with van der Waals surface area (Å²) in [5.41, 5.74) is 0.916. The van der Waals surface area contributed by atoms with Crippen molar-refractivity contribution in [2.24, 2.45) is 17.8 Å². The van der Waals surface area contributed by atoms with Crippen molar-refractivity contribution < 1.29 is 33.8 Å². The highest BCUT2D eigenvalue weighted by atomic mass is 16.6. The fourth-order valence-electron chi connectivity index (χ4n) is 8.68. The first kappa shape index (κ1) is 38.3. The molecule has 4 heterocycles. The number of aliphatic hydroxyl groups is 1. The Labute approximate surface area is 313 Å². The van der Waals surface area contributed by atoms with Crippen LogP contribution in [0.25, 0.3) is 0 Å². The fourth-order valence-corrected chi connectivity index (χ4v) is 8.68. The van der Waals surface area contributed by atoms with Gasteiger partial charge in [0.15, 0.2) is 0 Å². The summed E-state index contributed by atoms with van der Waals surface area (Å²) in [7, 11) is 1.71. The predicted molar refractivity (Wildman–Crippen MR) is 203 cm³/mol. The van der Waals surface area contributed by atoms with E-state index in [1.165, 1.54) is 4.90 Å². The van der Waals surface area contributed by atoms with Gasteiger partial charge in [-0.1, -0.05) is 68.5 Å². The number of nitrogens with zero attached hydrogens (tertiary/aromatic N) is 4. The van der Waals surface area contributed by atoms with E-state index in [4.69, 9.17) is 9.47 Å². The van der Waals surface area contributed by atoms with Crippen LogP contribution < -0.4 is 9.80 Å². The number of carbonyl (C=O) groups excluding carboxylic acids is 4. The molecule has 4 aliphatic rings. The molecule has 3 amide bonds. The van der Waals surface area contributed by atoms with Crippen molar-refractivity contribution in [1.29, 1.82) is 0 Å². The zero-order valence-corrected chi connectivity index (χ0v) is 31.8. The minimum Gasteiger partial charge on any atom is -0.455 e. The highest BCUT2D eigenvalue weighted by Crippen LogP contribution is 2.56. The molecule has 11 heteroatoms. The topological polar surface area (TPSA) is 120 Å². The number of rotatable bonds is 9. The monoisotopic (exact) mass is 726 g/mol. The maximum Gasteiger partial charge on any atom is 0.313 e. The third kappa shape index (κ3) is 7.01. The van der Waals surface area contributed by atoms with Crippen molar-refractivity contribution in [2.75, 3.05) is 43.1 Å². The van der Waals surface area contributed by atoms with Crippen molar-refractivity contribution in [1.82, 2.24) is 9.80 Å². The summed E-state index contributed by atoms with van der Waals surface area (Å²) in [6, 6.07) is 14.7. The number of fused-ring (bicyclic) bond motifs is 2. The maximum absolute atomic E-state index is 15.3. The first-order valence-corrected chi connectivity index (χ1v) is 19.1. The molecule has 0 unspecified atom stereocenters. The zero-order chi connectivity index (χ0) is 38.0. The number of anilines is 2. The molecule has 1 N–H and O–H groups in total. The summed E-state index contributed by atoms with van der Waals surface area (Å²) >= 11 is 0. The van der Waals surface area contributed by atoms with Gasteiger partial charge in [-0.05, 0) is 69.4 Å². The van der Waals surface area contributed by atoms with Crippen molar-refractivity contribution in [3.8, 4) is 0 Å². The molecule has 0 saturated carbocycles. The van der Waals surface area contributed by atoms with Crippen LogP contribution in [-0.4, -0.2) is 102 Å². The van der Waals surface area contributed by atoms with Crippen molar-refractivity contribution >= 4 is 35.1 Å². The van der Waals surface area contributed by atoms with Crippen LogP contribution in [0, 0.1) is 17.8 Å². The van der Waals surface area contributed by atoms with Gasteiger partial charge in [0.05, 0.1) is 30.7 Å². The number of hydrogen-bond acceptors (Lipinski definition) is 8. The first-order chi connectivity index (χ1) is 25.5. The average molecular weight is 727 g/mol. The van der Waals surface area contributed by atoms with Gasteiger partial charge < -0.3 is 34.2 Å². The molecule has 6 rings (SSSR count). The molecule has 4 aliphatic heterocycles. The van der Waals surface area contributed by atoms with Gasteiger partial charge in [-0.2, -0.15) is 0 Å². The fraction of sp³-hybridized carbons (Fsp3) is 0.524. The highest BCUT2D eigenvalue weighted by Gasteiger charge is 2.74. The van der Waals surface area contributed by atoms with E-state index in [2.05, 4.69) is 18.7 Å². The smallest absolute Gasteiger partial charge is 0.313 e. The number of carbonyl (C=O) groups is 4. The van der Waals surface area contributed by atoms with Crippen molar-refractivity contribution in [3.05, 3.63) is 84.5 Å². The average Bonchev–Trinajstić information content (AvgIpc) is 3.81. The van der Waals surface area contributed by atoms with Gasteiger partial charge in [0.2, 0.25) is 11.8 Å². The third-order valence-electron chi connectivity index (χ3n) is 11.5. The number of allylic oxidation sites excluding steroid dienone is 1. The zero-order valence-electron chi connectivity index (χ0n) is 31.8. The highest BCUT2D eigenvalue weighted by molar-refractivity contribution is 6.05. The SMILES string of the molecule is CCN(CC)c1ccc(N2C/C=C\CCC(=O)N(C)[C@H](C)[C@@H](c3ccccc3)OC(=O)[C@@H]3[C@@H]4C=C[C@]5(O4)[C@H](C2=O)N([C@@H](CO)CC(C)C)C(=O)[C@@H]35)cc1. The Morgan fingerprint density at radius 1 is 0.962 bits per heavy atom. The molecule has 8 atom stereocenters. The van der Waals surface area contributed by atoms with E-state index in [1.54, 1.807) is 29.0 Å². The van der Waals surface area contributed by atoms with E-state index < -0.39 is 59.6 Å². The van der Waals surface area contributed by atoms with Crippen LogP contribution in [0.3, 0.4) is 0 Å². The minimum absolute atomic E-state index is 0.104. The van der Waals surface area contributed by atoms with Gasteiger partial charge >= 0.3 is 5.97 Å². The van der Waals surface area contributed by atoms with E-state index in [0.717, 1.165) is 18.8 Å². The number of esters is 1. The van der Waals surface area contributed by atoms with Crippen LogP contribution in [0.2, 0.25) is 0 Å². The Balaban J connectivity index is 1.48. The molecular formula is C42H54N4O7. The van der Waals surface area contributed by atoms with E-state index >= 15 is 4.79 Å². The van der Waals surface area contributed by atoms with Gasteiger partial charge in [0.1, 0.15) is 23.7 Å². The summed E-state index contributed by atoms with van der Waals surface area (Å²) in [6.07, 6.45) is 6.82. The minimum atomic E-state index is -1.45. The van der Waals surface area contributed by atoms with Gasteiger partial charge in [-0.25, -0.2) is 0 Å². The van der Waals surface area contributed by atoms with Crippen LogP contribution in [0.4, 0.5) is 11.4 Å². The first-order valence-electron chi connectivity index (χ1n) is 19.1. The van der Waals surface area contributed by atoms with E-state index in [-0.39, 0.29) is 37.3 Å². The molecule has 284 valence electrons. The van der Waals surface area contributed by atoms with E-state index in [0.29, 0.717) is 24.1 Å². The van der Waals surface area contributed by atoms with Crippen LogP contribution in [0.5, 0.6) is 0 Å². The van der Waals surface area contributed by atoms with Crippen LogP contribution in [0.1, 0.15) is 65.5 Å². The number of hydrogen-bond donors (Lipinski definition) is 1. The number of benzene rings is 2. The molecule has 11 nitrogen and oxygen atoms in total. The molecule has 0 aromatic heterocycles. The molecule has 2 fully saturated rings. The second-order valence-electron chi connectivity index (χ2n) is 15.1. The lowest BCUT2D eigenvalue weighted by atomic mass is 9.74. The largest absolute Gasteiger partial charge is 0.455 e. The summed E-state index contributed by atoms with van der Waals surface area (Å²) in [5.74, 6) is -3.52. The molecule has 0 radical (unpaired) electrons. The number of likely N-dealkylation sites (N-methyl/N-ethyl adjacent to an activating group) is 1. The molecular weight excluding hydrogens is 672 g/mol. The Kier molecular flexibility index (Phi) is 11.4. The molecule has 1 spiro atoms. The van der Waals surface area contributed by atoms with Gasteiger partial charge in [-0.15, -0.1) is 0 Å². The summed E-state index contributed by atoms with van der Waals surface area (Å²) < 4.78 is 13.0. The number of ether oxygens (including phenoxy) is 2. The summed E-state index contributed by atoms with van der Waals surface area (Å²) in [4.78, 5) is 65.1. The standard InChI is InChI=1S/C42H54N4O7/c1-7-44(8-2)30-18-20-31(21-19-30)45-24-14-10-13-17-34(48)43(6)28(5)37(29-15-11-9-12-16-29)52-41(51)35-33-22-23-42(53-33)36(35)39(49)46(38(42)40(45)50)32(26-47)25-27(3)4/h9-12,14-16,18-23,27-28,32-33,35-38,47H,7-8,13,17,24-26H2,1-6H3/b14-10-/t28-,32-,33+,35-,36-,37+,38+,42-/m1/s1. The Bertz CT molecular complexity index is 1710. The molecule has 2 aromatic carbocycles. The molecule has 0 aliphatic carbocycles. The van der Waals surface area contributed by atoms with Gasteiger partial charge in [0.25, 0.3) is 5.91 Å². The third-order valence-corrected chi connectivity index (χ3v) is 11.5. The van der Waals surface area contributed by atoms with E-state index in [9.17, 15) is 19.5 Å². The van der Waals surface area contributed by atoms with Gasteiger partial charge in [-0.3, -0.25) is 19.2 Å². The summed E-state index contributed by atoms with van der Waals surface area (Å²) in [5, 5.41) is 10.8. The lowest BCUT2D eigenvalue weighted by molar-refractivity contribution is -0.164. The van der Waals surface area contributed by atoms with Crippen LogP contribution in [0.15, 0.2) is 78.9 Å². The van der Waals surface area contributed by atoms with Crippen LogP contribution in [-0.2, 0) is 28.7 Å². The molecule has 5 bridgehead atoms. The Morgan fingerprint density at radius 2 is 1.66 bits per heavy atom. The predicted octanol–water partition coefficient (Wildman–Crippen LogP) is 4.90. The lowest BCUT2D eigenvalue weighted by Gasteiger charge is -2.39. The molecule has 2 saturated heterocycles. The normalized spacial score (nSPS) is 30.2. The number of aliphatic hydroxyl groups excluding tert-OH is 1. The Morgan fingerprint density at radius 3 is 2.30 bits per heavy atom. The van der Waals surface area contributed by atoms with Crippen molar-refractivity contribution in [2.45, 2.75) is 89.8 Å². The van der Waals surface area contributed by atoms with E-state index in [1.807, 2.05) is 87.5 Å². The van der Waals surface area contributed by atoms with Gasteiger partial charge in [0, 0.05) is 44.5 Å². The molecule has 53 heavy (non-hydrogen) atoms. The number of likely N-dealkylation sites (tertiary alicyclic amines) is 1. The second-order valence-corrected chi connectivity index (χ2v) is 15.1. The summed E-state index contributed by atoms with van der Waals surface area (Å²) in [6.45, 7) is 11.5.